The lowest BCUT2D eigenvalue weighted by molar-refractivity contribution is -0.142. The number of rotatable bonds is 15. The zero-order chi connectivity index (χ0) is 33.2. The number of likely N-dealkylation sites (tertiary alicyclic amines) is 1. The van der Waals surface area contributed by atoms with Crippen LogP contribution in [0.1, 0.15) is 43.8 Å². The van der Waals surface area contributed by atoms with Crippen molar-refractivity contribution in [1.82, 2.24) is 56.1 Å². The molecule has 9 N–H and O–H groups in total. The van der Waals surface area contributed by atoms with E-state index in [2.05, 4.69) is 51.2 Å². The van der Waals surface area contributed by atoms with Crippen molar-refractivity contribution < 1.29 is 28.8 Å². The van der Waals surface area contributed by atoms with Gasteiger partial charge in [-0.05, 0) is 19.8 Å². The van der Waals surface area contributed by atoms with Crippen molar-refractivity contribution in [2.75, 3.05) is 6.54 Å². The van der Waals surface area contributed by atoms with E-state index in [1.54, 1.807) is 0 Å². The summed E-state index contributed by atoms with van der Waals surface area (Å²) in [6.07, 6.45) is 9.75. The van der Waals surface area contributed by atoms with E-state index < -0.39 is 65.7 Å². The van der Waals surface area contributed by atoms with E-state index in [0.29, 0.717) is 29.9 Å². The average Bonchev–Trinajstić information content (AvgIpc) is 3.84. The Balaban J connectivity index is 1.52. The van der Waals surface area contributed by atoms with E-state index >= 15 is 0 Å². The lowest BCUT2D eigenvalue weighted by atomic mass is 10.1. The number of imidazole rings is 3. The molecule has 6 amide bonds. The van der Waals surface area contributed by atoms with Gasteiger partial charge < -0.3 is 46.9 Å². The van der Waals surface area contributed by atoms with Crippen molar-refractivity contribution in [2.24, 2.45) is 5.73 Å². The van der Waals surface area contributed by atoms with Crippen molar-refractivity contribution in [3.63, 3.8) is 0 Å². The van der Waals surface area contributed by atoms with Crippen molar-refractivity contribution in [3.05, 3.63) is 54.7 Å². The number of nitrogens with zero attached hydrogens (tertiary/aromatic N) is 4. The number of amides is 6. The van der Waals surface area contributed by atoms with Crippen molar-refractivity contribution >= 4 is 35.4 Å². The number of hydrogen-bond acceptors (Lipinski definition) is 9. The lowest BCUT2D eigenvalue weighted by Crippen LogP contribution is -2.59. The number of carbonyl (C=O) groups excluding carboxylic acids is 6. The van der Waals surface area contributed by atoms with Crippen LogP contribution in [0.2, 0.25) is 0 Å². The number of nitrogens with two attached hydrogens (primary N) is 1. The van der Waals surface area contributed by atoms with Crippen LogP contribution in [-0.4, -0.2) is 107 Å². The van der Waals surface area contributed by atoms with E-state index in [9.17, 15) is 28.8 Å². The normalized spacial score (nSPS) is 16.9. The molecule has 18 nitrogen and oxygen atoms in total. The van der Waals surface area contributed by atoms with Crippen LogP contribution in [0.5, 0.6) is 0 Å². The summed E-state index contributed by atoms with van der Waals surface area (Å²) < 4.78 is 0. The van der Waals surface area contributed by atoms with Crippen molar-refractivity contribution in [3.8, 4) is 0 Å². The summed E-state index contributed by atoms with van der Waals surface area (Å²) in [5.74, 6) is -3.55. The van der Waals surface area contributed by atoms with Crippen LogP contribution in [0.4, 0.5) is 0 Å². The number of aromatic amines is 3. The third kappa shape index (κ3) is 8.99. The first-order valence-electron chi connectivity index (χ1n) is 14.7. The maximum absolute atomic E-state index is 14.0. The summed E-state index contributed by atoms with van der Waals surface area (Å²) in [6, 6.07) is -5.21. The minimum Gasteiger partial charge on any atom is -0.368 e. The summed E-state index contributed by atoms with van der Waals surface area (Å²) in [6.45, 7) is 2.98. The van der Waals surface area contributed by atoms with Crippen LogP contribution < -0.4 is 27.0 Å². The van der Waals surface area contributed by atoms with Gasteiger partial charge in [-0.1, -0.05) is 0 Å². The van der Waals surface area contributed by atoms with Crippen LogP contribution >= 0.6 is 0 Å². The van der Waals surface area contributed by atoms with Gasteiger partial charge >= 0.3 is 0 Å². The molecule has 0 aliphatic carbocycles. The number of H-pyrrole nitrogens is 3. The Kier molecular flexibility index (Phi) is 11.2. The summed E-state index contributed by atoms with van der Waals surface area (Å²) in [5, 5.41) is 10.5. The topological polar surface area (TPSA) is 266 Å². The number of nitrogens with one attached hydrogen (secondary N) is 7. The second kappa shape index (κ2) is 15.4. The first-order chi connectivity index (χ1) is 22.0. The standard InChI is InChI=1S/C28H38N12O6/c1-15(36-16(2)41)25(43)38-21(7-18-10-31-13-34-18)26(44)39-22(8-19-11-32-14-35-19)28(46)40-5-3-4-23(40)27(45)37-20(24(29)42)6-17-9-30-12-33-17/h9-15,20-23H,3-8H2,1-2H3,(H2,29,42)(H,30,33)(H,31,34)(H,32,35)(H,36,41)(H,37,45)(H,38,43)(H,39,44)/t15-,20-,21-,22-,23-/m0/s1. The third-order valence-corrected chi connectivity index (χ3v) is 7.50. The Morgan fingerprint density at radius 3 is 1.83 bits per heavy atom. The quantitative estimate of drug-likeness (QED) is 0.0862. The molecule has 1 aliphatic rings. The van der Waals surface area contributed by atoms with E-state index in [4.69, 9.17) is 5.73 Å². The fourth-order valence-electron chi connectivity index (χ4n) is 5.19. The molecule has 4 heterocycles. The molecular formula is C28H38N12O6. The zero-order valence-corrected chi connectivity index (χ0v) is 25.4. The maximum atomic E-state index is 14.0. The Labute approximate surface area is 263 Å². The second-order valence-electron chi connectivity index (χ2n) is 11.0. The fraction of sp³-hybridized carbons (Fsp3) is 0.464. The molecule has 3 aromatic rings. The van der Waals surface area contributed by atoms with Gasteiger partial charge in [0, 0.05) is 68.4 Å². The van der Waals surface area contributed by atoms with Crippen molar-refractivity contribution in [1.29, 1.82) is 0 Å². The Morgan fingerprint density at radius 1 is 0.804 bits per heavy atom. The minimum absolute atomic E-state index is 0.00612. The van der Waals surface area contributed by atoms with Crippen molar-refractivity contribution in [2.45, 2.75) is 76.2 Å². The maximum Gasteiger partial charge on any atom is 0.246 e. The predicted octanol–water partition coefficient (Wildman–Crippen LogP) is -2.66. The fourth-order valence-corrected chi connectivity index (χ4v) is 5.19. The van der Waals surface area contributed by atoms with Crippen LogP contribution in [0, 0.1) is 0 Å². The molecule has 0 saturated carbocycles. The van der Waals surface area contributed by atoms with Gasteiger partial charge in [0.05, 0.1) is 19.0 Å². The van der Waals surface area contributed by atoms with Crippen LogP contribution in [0.25, 0.3) is 0 Å². The minimum atomic E-state index is -1.16. The molecule has 0 radical (unpaired) electrons. The van der Waals surface area contributed by atoms with Gasteiger partial charge in [-0.15, -0.1) is 0 Å². The van der Waals surface area contributed by atoms with Gasteiger partial charge in [-0.3, -0.25) is 28.8 Å². The summed E-state index contributed by atoms with van der Waals surface area (Å²) >= 11 is 0. The molecular weight excluding hydrogens is 600 g/mol. The molecule has 0 aromatic carbocycles. The molecule has 0 spiro atoms. The number of primary amides is 1. The highest BCUT2D eigenvalue weighted by molar-refractivity contribution is 5.96. The van der Waals surface area contributed by atoms with E-state index in [1.165, 1.54) is 56.3 Å². The highest BCUT2D eigenvalue weighted by atomic mass is 16.2. The highest BCUT2D eigenvalue weighted by Gasteiger charge is 2.39. The van der Waals surface area contributed by atoms with Crippen LogP contribution in [0.3, 0.4) is 0 Å². The van der Waals surface area contributed by atoms with Crippen LogP contribution in [-0.2, 0) is 48.0 Å². The molecule has 1 aliphatic heterocycles. The molecule has 246 valence electrons. The molecule has 1 fully saturated rings. The summed E-state index contributed by atoms with van der Waals surface area (Å²) in [4.78, 5) is 99.5. The molecule has 5 atom stereocenters. The number of hydrogen-bond donors (Lipinski definition) is 8. The first kappa shape index (κ1) is 33.3. The van der Waals surface area contributed by atoms with E-state index in [0.717, 1.165) is 0 Å². The Hall–Kier alpha value is -5.55. The van der Waals surface area contributed by atoms with Crippen LogP contribution in [0.15, 0.2) is 37.6 Å². The smallest absolute Gasteiger partial charge is 0.246 e. The number of aromatic nitrogens is 6. The Bertz CT molecular complexity index is 1490. The van der Waals surface area contributed by atoms with Gasteiger partial charge in [-0.2, -0.15) is 0 Å². The first-order valence-corrected chi connectivity index (χ1v) is 14.7. The van der Waals surface area contributed by atoms with Gasteiger partial charge in [0.25, 0.3) is 0 Å². The highest BCUT2D eigenvalue weighted by Crippen LogP contribution is 2.20. The second-order valence-corrected chi connectivity index (χ2v) is 11.0. The predicted molar refractivity (Wildman–Crippen MR) is 160 cm³/mol. The van der Waals surface area contributed by atoms with E-state index in [1.807, 2.05) is 0 Å². The lowest BCUT2D eigenvalue weighted by Gasteiger charge is -2.30. The molecule has 3 aromatic heterocycles. The molecule has 0 bridgehead atoms. The monoisotopic (exact) mass is 638 g/mol. The molecule has 1 saturated heterocycles. The Morgan fingerprint density at radius 2 is 1.33 bits per heavy atom. The zero-order valence-electron chi connectivity index (χ0n) is 25.4. The summed E-state index contributed by atoms with van der Waals surface area (Å²) in [5.41, 5.74) is 7.22. The van der Waals surface area contributed by atoms with Gasteiger partial charge in [0.1, 0.15) is 30.2 Å². The molecule has 46 heavy (non-hydrogen) atoms. The van der Waals surface area contributed by atoms with E-state index in [-0.39, 0.29) is 25.8 Å². The molecule has 4 rings (SSSR count). The molecule has 18 heteroatoms. The number of carbonyl (C=O) groups is 6. The van der Waals surface area contributed by atoms with Gasteiger partial charge in [0.2, 0.25) is 35.4 Å². The largest absolute Gasteiger partial charge is 0.368 e. The molecule has 0 unspecified atom stereocenters. The SMILES string of the molecule is CC(=O)N[C@@H](C)C(=O)N[C@@H](Cc1cnc[nH]1)C(=O)N[C@@H](Cc1cnc[nH]1)C(=O)N1CCC[C@H]1C(=O)N[C@@H](Cc1cnc[nH]1)C(N)=O. The summed E-state index contributed by atoms with van der Waals surface area (Å²) in [7, 11) is 0. The van der Waals surface area contributed by atoms with Gasteiger partial charge in [-0.25, -0.2) is 15.0 Å². The van der Waals surface area contributed by atoms with Gasteiger partial charge in [0.15, 0.2) is 0 Å². The average molecular weight is 639 g/mol. The third-order valence-electron chi connectivity index (χ3n) is 7.50.